The minimum Gasteiger partial charge on any atom is -0.0654 e. The van der Waals surface area contributed by atoms with Crippen LogP contribution in [-0.2, 0) is 9.53 Å². The summed E-state index contributed by atoms with van der Waals surface area (Å²) in [5.41, 5.74) is 0.463. The van der Waals surface area contributed by atoms with Gasteiger partial charge >= 0.3 is 168 Å². The van der Waals surface area contributed by atoms with Crippen molar-refractivity contribution in [1.29, 1.82) is 0 Å². The van der Waals surface area contributed by atoms with E-state index in [0.29, 0.717) is 12.2 Å². The fraction of sp³-hybridized carbons (Fsp3) is 0.885. The Hall–Kier alpha value is -0.0700. The Morgan fingerprint density at radius 1 is 0.733 bits per heavy atom. The van der Waals surface area contributed by atoms with Crippen LogP contribution in [0.15, 0.2) is 12.2 Å². The van der Waals surface area contributed by atoms with Crippen molar-refractivity contribution in [3.63, 3.8) is 0 Å². The first-order chi connectivity index (χ1) is 14.3. The van der Waals surface area contributed by atoms with Gasteiger partial charge < -0.3 is 0 Å². The molecule has 0 spiro atoms. The monoisotopic (exact) mass is 462 g/mol. The average molecular weight is 463 g/mol. The first kappa shape index (κ1) is 29.9. The maximum absolute atomic E-state index is 11.7. The molecule has 0 aromatic carbocycles. The van der Waals surface area contributed by atoms with Crippen molar-refractivity contribution in [2.45, 2.75) is 118 Å². The molecule has 0 aliphatic heterocycles. The van der Waals surface area contributed by atoms with E-state index in [1.807, 2.05) is 0 Å². The van der Waals surface area contributed by atoms with Gasteiger partial charge in [0.1, 0.15) is 0 Å². The van der Waals surface area contributed by atoms with E-state index in [1.165, 1.54) is 89.9 Å². The van der Waals surface area contributed by atoms with Gasteiger partial charge in [-0.15, -0.1) is 0 Å². The van der Waals surface area contributed by atoms with Crippen LogP contribution in [0, 0.1) is 0 Å². The molecule has 0 saturated heterocycles. The zero-order valence-corrected chi connectivity index (χ0v) is 22.4. The van der Waals surface area contributed by atoms with Crippen LogP contribution in [0.3, 0.4) is 0 Å². The Morgan fingerprint density at radius 3 is 1.50 bits per heavy atom. The Labute approximate surface area is 193 Å². The number of unbranched alkanes of at least 4 members (excludes halogenated alkanes) is 13. The predicted octanol–water partition coefficient (Wildman–Crippen LogP) is 9.33. The van der Waals surface area contributed by atoms with Crippen LogP contribution in [0.1, 0.15) is 118 Å². The van der Waals surface area contributed by atoms with Crippen LogP contribution < -0.4 is 0 Å². The van der Waals surface area contributed by atoms with Crippen LogP contribution in [0.4, 0.5) is 0 Å². The molecule has 180 valence electrons. The molecule has 0 aromatic rings. The topological polar surface area (TPSA) is 26.3 Å². The summed E-state index contributed by atoms with van der Waals surface area (Å²) < 4.78 is 5.36. The molecule has 0 fully saturated rings. The smallest absolute Gasteiger partial charge is 0.0654 e. The first-order valence-electron chi connectivity index (χ1n) is 12.9. The van der Waals surface area contributed by atoms with Gasteiger partial charge in [-0.1, -0.05) is 26.2 Å². The fourth-order valence-corrected chi connectivity index (χ4v) is 8.22. The molecular weight excluding hydrogens is 411 g/mol. The molecule has 0 N–H and O–H groups in total. The van der Waals surface area contributed by atoms with Crippen LogP contribution in [0.5, 0.6) is 0 Å². The SMILES string of the molecule is C=C(C)C(=O)OCCP(Cl)(CC)(CC)CCCCCCCCCCCCCCCC. The molecule has 0 heterocycles. The molecule has 0 radical (unpaired) electrons. The van der Waals surface area contributed by atoms with Gasteiger partial charge in [0.25, 0.3) is 0 Å². The van der Waals surface area contributed by atoms with E-state index in [4.69, 9.17) is 16.0 Å². The van der Waals surface area contributed by atoms with E-state index in [0.717, 1.165) is 24.6 Å². The van der Waals surface area contributed by atoms with Crippen LogP contribution in [0.2, 0.25) is 0 Å². The normalized spacial score (nSPS) is 13.0. The summed E-state index contributed by atoms with van der Waals surface area (Å²) in [6.45, 7) is 12.5. The van der Waals surface area contributed by atoms with Gasteiger partial charge in [-0.2, -0.15) is 0 Å². The summed E-state index contributed by atoms with van der Waals surface area (Å²) in [6, 6.07) is 0. The molecule has 0 bridgehead atoms. The van der Waals surface area contributed by atoms with Crippen LogP contribution in [0.25, 0.3) is 0 Å². The second-order valence-corrected chi connectivity index (χ2v) is 18.1. The summed E-state index contributed by atoms with van der Waals surface area (Å²) >= 11 is 7.30. The number of esters is 1. The number of carbonyl (C=O) groups is 1. The molecule has 0 aliphatic carbocycles. The van der Waals surface area contributed by atoms with Crippen molar-refractivity contribution < 1.29 is 9.53 Å². The van der Waals surface area contributed by atoms with E-state index in [-0.39, 0.29) is 5.97 Å². The first-order valence-corrected chi connectivity index (χ1v) is 16.7. The summed E-state index contributed by atoms with van der Waals surface area (Å²) in [7, 11) is 0. The van der Waals surface area contributed by atoms with Gasteiger partial charge in [0.2, 0.25) is 0 Å². The zero-order valence-electron chi connectivity index (χ0n) is 20.8. The molecule has 4 heteroatoms. The van der Waals surface area contributed by atoms with E-state index in [9.17, 15) is 4.79 Å². The molecule has 30 heavy (non-hydrogen) atoms. The predicted molar refractivity (Wildman–Crippen MR) is 140 cm³/mol. The third-order valence-corrected chi connectivity index (χ3v) is 15.2. The Kier molecular flexibility index (Phi) is 17.4. The quantitative estimate of drug-likeness (QED) is 0.0734. The van der Waals surface area contributed by atoms with E-state index >= 15 is 0 Å². The molecular formula is C26H52ClO2P. The Bertz CT molecular complexity index is 460. The van der Waals surface area contributed by atoms with E-state index in [2.05, 4.69) is 27.4 Å². The second kappa shape index (κ2) is 17.5. The van der Waals surface area contributed by atoms with Crippen LogP contribution >= 0.6 is 17.2 Å². The number of ether oxygens (including phenoxy) is 1. The molecule has 0 aliphatic rings. The van der Waals surface area contributed by atoms with Crippen molar-refractivity contribution >= 4 is 23.2 Å². The molecule has 0 amide bonds. The van der Waals surface area contributed by atoms with Gasteiger partial charge in [-0.3, -0.25) is 0 Å². The van der Waals surface area contributed by atoms with Gasteiger partial charge in [-0.05, 0) is 0 Å². The number of halogens is 1. The molecule has 0 aromatic heterocycles. The molecule has 0 rings (SSSR count). The average Bonchev–Trinajstić information content (AvgIpc) is 2.74. The molecule has 2 nitrogen and oxygen atoms in total. The van der Waals surface area contributed by atoms with Gasteiger partial charge in [-0.25, -0.2) is 0 Å². The fourth-order valence-electron chi connectivity index (χ4n) is 4.16. The number of rotatable bonds is 21. The van der Waals surface area contributed by atoms with Crippen molar-refractivity contribution in [2.24, 2.45) is 0 Å². The van der Waals surface area contributed by atoms with Crippen molar-refractivity contribution in [3.8, 4) is 0 Å². The number of carbonyl (C=O) groups excluding carboxylic acids is 1. The second-order valence-electron chi connectivity index (χ2n) is 9.41. The maximum atomic E-state index is 11.7. The minimum absolute atomic E-state index is 0.291. The van der Waals surface area contributed by atoms with E-state index in [1.54, 1.807) is 6.92 Å². The van der Waals surface area contributed by atoms with Crippen LogP contribution in [-0.4, -0.2) is 37.2 Å². The van der Waals surface area contributed by atoms with Crippen molar-refractivity contribution in [1.82, 2.24) is 0 Å². The summed E-state index contributed by atoms with van der Waals surface area (Å²) in [5.74, 6) is -2.56. The van der Waals surface area contributed by atoms with Gasteiger partial charge in [0.05, 0.1) is 0 Å². The molecule has 0 saturated carbocycles. The Morgan fingerprint density at radius 2 is 1.13 bits per heavy atom. The summed E-state index contributed by atoms with van der Waals surface area (Å²) in [6.07, 6.45) is 23.4. The summed E-state index contributed by atoms with van der Waals surface area (Å²) in [4.78, 5) is 11.7. The van der Waals surface area contributed by atoms with Crippen molar-refractivity contribution in [3.05, 3.63) is 12.2 Å². The minimum atomic E-state index is -2.26. The molecule has 0 atom stereocenters. The number of hydrogen-bond donors (Lipinski definition) is 0. The van der Waals surface area contributed by atoms with Gasteiger partial charge in [0, 0.05) is 0 Å². The van der Waals surface area contributed by atoms with Gasteiger partial charge in [0.15, 0.2) is 0 Å². The Balaban J connectivity index is 3.85. The zero-order chi connectivity index (χ0) is 22.7. The third kappa shape index (κ3) is 14.1. The standard InChI is InChI=1S/C26H52ClO2P/c1-6-9-10-11-12-13-14-15-16-17-18-19-20-21-23-30(27,7-2,8-3)24-22-29-26(28)25(4)5/h4,6-24H2,1-3,5H3. The van der Waals surface area contributed by atoms with Crippen molar-refractivity contribution in [2.75, 3.05) is 31.3 Å². The third-order valence-electron chi connectivity index (χ3n) is 6.88. The number of hydrogen-bond acceptors (Lipinski definition) is 2. The van der Waals surface area contributed by atoms with E-state index < -0.39 is 5.96 Å². The summed E-state index contributed by atoms with van der Waals surface area (Å²) in [5, 5.41) is 0. The molecule has 0 unspecified atom stereocenters.